The van der Waals surface area contributed by atoms with Gasteiger partial charge in [-0.05, 0) is 153 Å². The first-order valence-corrected chi connectivity index (χ1v) is 48.9. The van der Waals surface area contributed by atoms with Gasteiger partial charge in [-0.1, -0.05) is 371 Å². The van der Waals surface area contributed by atoms with Gasteiger partial charge in [0, 0.05) is 0 Å². The Morgan fingerprint density at radius 2 is 0.407 bits per heavy atom. The second-order valence-corrected chi connectivity index (χ2v) is 34.1. The quantitative estimate of drug-likeness (QED) is 0.0150. The fourth-order valence-electron chi connectivity index (χ4n) is 14.0. The van der Waals surface area contributed by atoms with Crippen molar-refractivity contribution in [2.24, 2.45) is 0 Å². The van der Waals surface area contributed by atoms with E-state index in [1.807, 2.05) is 0 Å². The Labute approximate surface area is 722 Å². The summed E-state index contributed by atoms with van der Waals surface area (Å²) in [5.74, 6) is -3.62. The van der Waals surface area contributed by atoms with Gasteiger partial charge in [-0.15, -0.1) is 0 Å². The number of hydrogen-bond donors (Lipinski definition) is 0. The van der Waals surface area contributed by atoms with E-state index >= 15 is 0 Å². The van der Waals surface area contributed by atoms with Crippen LogP contribution >= 0.6 is 0 Å². The first-order valence-electron chi connectivity index (χ1n) is 46.1. The van der Waals surface area contributed by atoms with Gasteiger partial charge >= 0.3 is 61.6 Å². The number of esters is 4. The molecule has 0 saturated heterocycles. The van der Waals surface area contributed by atoms with E-state index in [1.165, 1.54) is 332 Å². The zero-order valence-electron chi connectivity index (χ0n) is 72.4. The summed E-state index contributed by atoms with van der Waals surface area (Å²) < 4.78 is 93.6. The molecule has 0 amide bonds. The molecule has 113 heavy (non-hydrogen) atoms. The van der Waals surface area contributed by atoms with Gasteiger partial charge in [0.05, 0.1) is 58.5 Å². The predicted molar refractivity (Wildman–Crippen MR) is 470 cm³/mol. The van der Waals surface area contributed by atoms with Gasteiger partial charge in [-0.25, -0.2) is 36.0 Å². The predicted octanol–water partition coefficient (Wildman–Crippen LogP) is 28.7. The van der Waals surface area contributed by atoms with E-state index < -0.39 is 65.0 Å². The van der Waals surface area contributed by atoms with E-state index in [0.29, 0.717) is 25.7 Å². The van der Waals surface area contributed by atoms with Gasteiger partial charge < -0.3 is 28.1 Å². The molecule has 0 saturated carbocycles. The number of hydrogen-bond acceptors (Lipinski definition) is 14. The summed E-state index contributed by atoms with van der Waals surface area (Å²) in [6.45, 7) is 9.46. The standard InChI is InChI=1S/2C48H82O7S.Ca/c2*1-3-5-7-9-11-13-15-17-19-21-23-25-27-29-31-33-35-37-42-54-47(49)44-40-39-41-45(56(51,52)53)46(44)48(50)55-43-38-36-34-32-30-28-26-24-22-20-18-16-14-12-10-8-6-4-2;/h2*11-14,39-41H,3-10,15-38,42-43H2,1-2H3,(H,51,52,53);/q;;+2/p-2/b2*13-11+,14-12+;. The topological polar surface area (TPSA) is 220 Å². The van der Waals surface area contributed by atoms with Gasteiger partial charge in [0.1, 0.15) is 20.2 Å². The molecular formula is C96H162CaO14S2. The van der Waals surface area contributed by atoms with Crippen LogP contribution in [0.1, 0.15) is 480 Å². The molecule has 0 radical (unpaired) electrons. The maximum absolute atomic E-state index is 13.0. The van der Waals surface area contributed by atoms with Gasteiger partial charge in [0.2, 0.25) is 0 Å². The van der Waals surface area contributed by atoms with Crippen LogP contribution in [0.3, 0.4) is 0 Å². The minimum atomic E-state index is -5.02. The number of carbonyl (C=O) groups excluding carboxylic acids is 4. The minimum absolute atomic E-state index is 0. The first kappa shape index (κ1) is 109. The molecule has 644 valence electrons. The van der Waals surface area contributed by atoms with Crippen molar-refractivity contribution in [1.82, 2.24) is 0 Å². The third-order valence-electron chi connectivity index (χ3n) is 21.0. The van der Waals surface area contributed by atoms with E-state index in [2.05, 4.69) is 76.3 Å². The van der Waals surface area contributed by atoms with Crippen LogP contribution in [0.2, 0.25) is 0 Å². The Morgan fingerprint density at radius 1 is 0.248 bits per heavy atom. The van der Waals surface area contributed by atoms with Crippen molar-refractivity contribution in [1.29, 1.82) is 0 Å². The molecule has 14 nitrogen and oxygen atoms in total. The van der Waals surface area contributed by atoms with Crippen LogP contribution in [0.4, 0.5) is 0 Å². The van der Waals surface area contributed by atoms with Gasteiger partial charge in [-0.3, -0.25) is 0 Å². The monoisotopic (exact) mass is 1640 g/mol. The van der Waals surface area contributed by atoms with Gasteiger partial charge in [-0.2, -0.15) is 0 Å². The smallest absolute Gasteiger partial charge is 0.744 e. The third kappa shape index (κ3) is 65.9. The van der Waals surface area contributed by atoms with Crippen molar-refractivity contribution >= 4 is 81.9 Å². The fourth-order valence-corrected chi connectivity index (χ4v) is 15.4. The summed E-state index contributed by atoms with van der Waals surface area (Å²) in [5, 5.41) is 0. The van der Waals surface area contributed by atoms with Crippen molar-refractivity contribution < 1.29 is 64.1 Å². The first-order chi connectivity index (χ1) is 54.6. The maximum atomic E-state index is 13.0. The Morgan fingerprint density at radius 3 is 0.584 bits per heavy atom. The van der Waals surface area contributed by atoms with Crippen LogP contribution in [-0.2, 0) is 39.2 Å². The molecule has 0 heterocycles. The average molecular weight is 1640 g/mol. The molecule has 0 unspecified atom stereocenters. The molecule has 0 atom stereocenters. The van der Waals surface area contributed by atoms with E-state index in [0.717, 1.165) is 89.2 Å². The van der Waals surface area contributed by atoms with Crippen LogP contribution in [0.5, 0.6) is 0 Å². The van der Waals surface area contributed by atoms with Crippen LogP contribution in [0.25, 0.3) is 0 Å². The summed E-state index contributed by atoms with van der Waals surface area (Å²) in [6.07, 6.45) is 94.9. The van der Waals surface area contributed by atoms with E-state index in [-0.39, 0.29) is 75.3 Å². The van der Waals surface area contributed by atoms with Crippen molar-refractivity contribution in [3.05, 3.63) is 107 Å². The van der Waals surface area contributed by atoms with Crippen LogP contribution < -0.4 is 0 Å². The number of rotatable bonds is 78. The molecule has 0 aliphatic rings. The van der Waals surface area contributed by atoms with Crippen molar-refractivity contribution in [3.8, 4) is 0 Å². The maximum Gasteiger partial charge on any atom is 2.00 e. The molecule has 0 N–H and O–H groups in total. The van der Waals surface area contributed by atoms with E-state index in [1.54, 1.807) is 0 Å². The normalized spacial score (nSPS) is 11.8. The second-order valence-electron chi connectivity index (χ2n) is 31.4. The molecule has 0 fully saturated rings. The molecule has 2 aromatic rings. The third-order valence-corrected chi connectivity index (χ3v) is 22.8. The molecule has 0 bridgehead atoms. The Balaban J connectivity index is 0.00000220. The Bertz CT molecular complexity index is 2740. The molecule has 2 rings (SSSR count). The zero-order chi connectivity index (χ0) is 81.6. The molecule has 0 aliphatic heterocycles. The average Bonchev–Trinajstić information content (AvgIpc) is 0.797. The number of ether oxygens (including phenoxy) is 4. The second kappa shape index (κ2) is 80.8. The number of carbonyl (C=O) groups is 4. The summed E-state index contributed by atoms with van der Waals surface area (Å²) >= 11 is 0. The summed E-state index contributed by atoms with van der Waals surface area (Å²) in [6, 6.07) is 7.26. The summed E-state index contributed by atoms with van der Waals surface area (Å²) in [4.78, 5) is 50.5. The number of allylic oxidation sites excluding steroid dienone is 8. The fraction of sp³-hybridized carbons (Fsp3) is 0.750. The molecular weight excluding hydrogens is 1480 g/mol. The van der Waals surface area contributed by atoms with Crippen molar-refractivity contribution in [2.75, 3.05) is 26.4 Å². The molecule has 0 aromatic heterocycles. The molecule has 17 heteroatoms. The Kier molecular flexibility index (Phi) is 78.2. The van der Waals surface area contributed by atoms with Gasteiger partial charge in [0.15, 0.2) is 0 Å². The van der Waals surface area contributed by atoms with Gasteiger partial charge in [0.25, 0.3) is 0 Å². The van der Waals surface area contributed by atoms with Crippen molar-refractivity contribution in [3.63, 3.8) is 0 Å². The van der Waals surface area contributed by atoms with E-state index in [9.17, 15) is 45.1 Å². The molecule has 0 aliphatic carbocycles. The minimum Gasteiger partial charge on any atom is -0.744 e. The molecule has 0 spiro atoms. The molecule has 2 aromatic carbocycles. The van der Waals surface area contributed by atoms with Crippen LogP contribution in [0, 0.1) is 0 Å². The summed E-state index contributed by atoms with van der Waals surface area (Å²) in [7, 11) is -10.0. The summed E-state index contributed by atoms with van der Waals surface area (Å²) in [5.41, 5.74) is -1.55. The van der Waals surface area contributed by atoms with Crippen molar-refractivity contribution in [2.45, 2.75) is 448 Å². The number of benzene rings is 2. The zero-order valence-corrected chi connectivity index (χ0v) is 76.2. The largest absolute Gasteiger partial charge is 2.00 e. The van der Waals surface area contributed by atoms with Crippen LogP contribution in [-0.4, -0.2) is 114 Å². The van der Waals surface area contributed by atoms with Crippen LogP contribution in [0.15, 0.2) is 94.8 Å². The Hall–Kier alpha value is -3.64. The van der Waals surface area contributed by atoms with E-state index in [4.69, 9.17) is 18.9 Å². The number of unbranched alkanes of at least 4 members (excludes halogenated alkanes) is 56. The SMILES string of the molecule is CCCCC/C=C/CCCCCCCCCCCCCOC(=O)c1cccc(S(=O)(=O)[O-])c1C(=O)OCCCCCCCCCCCCC/C=C/CCCCC.CCCCC/C=C/CCCCCCCCCCCCCOC(=O)c1cccc(S(=O)(=O)[O-])c1C(=O)OCCCCCCCCCCCCC/C=C/CCCCC.[Ca+2].